The van der Waals surface area contributed by atoms with E-state index in [-0.39, 0.29) is 4.90 Å². The number of aliphatic carboxylic acids is 1. The molecule has 1 saturated heterocycles. The second kappa shape index (κ2) is 12.8. The highest BCUT2D eigenvalue weighted by Gasteiger charge is 2.26. The summed E-state index contributed by atoms with van der Waals surface area (Å²) in [4.78, 5) is 31.2. The molecule has 12 nitrogen and oxygen atoms in total. The maximum atomic E-state index is 12.8. The number of carboxylic acids is 1. The van der Waals surface area contributed by atoms with Crippen LogP contribution in [0.5, 0.6) is 5.75 Å². The first-order valence-corrected chi connectivity index (χ1v) is 14.3. The first kappa shape index (κ1) is 28.2. The van der Waals surface area contributed by atoms with Crippen molar-refractivity contribution in [3.05, 3.63) is 54.1 Å². The maximum Gasteiger partial charge on any atom is 0.323 e. The molecule has 0 aliphatic carbocycles. The van der Waals surface area contributed by atoms with Crippen molar-refractivity contribution in [1.82, 2.24) is 20.7 Å². The predicted molar refractivity (Wildman–Crippen MR) is 147 cm³/mol. The Morgan fingerprint density at radius 1 is 1.18 bits per heavy atom. The number of rotatable bonds is 10. The summed E-state index contributed by atoms with van der Waals surface area (Å²) in [5.41, 5.74) is 1.25. The number of hydrogen-bond donors (Lipinski definition) is 5. The molecule has 2 aromatic rings. The van der Waals surface area contributed by atoms with Gasteiger partial charge >= 0.3 is 5.97 Å². The third-order valence-corrected chi connectivity index (χ3v) is 8.13. The minimum absolute atomic E-state index is 0.115. The van der Waals surface area contributed by atoms with Crippen LogP contribution in [0.4, 0.5) is 5.69 Å². The van der Waals surface area contributed by atoms with Crippen LogP contribution >= 0.6 is 0 Å². The molecule has 13 heteroatoms. The molecule has 0 unspecified atom stereocenters. The highest BCUT2D eigenvalue weighted by atomic mass is 32.2. The van der Waals surface area contributed by atoms with Crippen LogP contribution < -0.4 is 30.3 Å². The van der Waals surface area contributed by atoms with Gasteiger partial charge in [0, 0.05) is 50.0 Å². The second-order valence-electron chi connectivity index (χ2n) is 9.36. The highest BCUT2D eigenvalue weighted by molar-refractivity contribution is 7.89. The number of nitrogens with zero attached hydrogens (tertiary/aromatic N) is 2. The summed E-state index contributed by atoms with van der Waals surface area (Å²) >= 11 is 0. The number of piperidine rings is 1. The van der Waals surface area contributed by atoms with Crippen molar-refractivity contribution in [3.8, 4) is 5.75 Å². The zero-order chi connectivity index (χ0) is 27.8. The molecule has 2 heterocycles. The summed E-state index contributed by atoms with van der Waals surface area (Å²) in [7, 11) is -2.69. The number of guanidine groups is 1. The highest BCUT2D eigenvalue weighted by Crippen LogP contribution is 2.21. The van der Waals surface area contributed by atoms with Crippen LogP contribution in [0.15, 0.2) is 58.4 Å². The topological polar surface area (TPSA) is 161 Å². The summed E-state index contributed by atoms with van der Waals surface area (Å²) in [6.07, 6.45) is 2.89. The van der Waals surface area contributed by atoms with Crippen LogP contribution in [0.25, 0.3) is 0 Å². The van der Waals surface area contributed by atoms with Gasteiger partial charge in [0.05, 0.1) is 12.0 Å². The number of benzene rings is 2. The molecule has 0 bridgehead atoms. The number of nitrogens with one attached hydrogen (secondary N) is 4. The van der Waals surface area contributed by atoms with E-state index in [4.69, 9.17) is 4.74 Å². The maximum absolute atomic E-state index is 12.8. The van der Waals surface area contributed by atoms with E-state index < -0.39 is 34.5 Å². The summed E-state index contributed by atoms with van der Waals surface area (Å²) in [6.45, 7) is 2.96. The van der Waals surface area contributed by atoms with Crippen LogP contribution in [-0.2, 0) is 14.8 Å². The van der Waals surface area contributed by atoms with E-state index in [1.165, 1.54) is 31.4 Å². The van der Waals surface area contributed by atoms with Gasteiger partial charge in [0.2, 0.25) is 10.0 Å². The van der Waals surface area contributed by atoms with E-state index in [1.54, 1.807) is 18.2 Å². The summed E-state index contributed by atoms with van der Waals surface area (Å²) in [6, 6.07) is 11.4. The van der Waals surface area contributed by atoms with Gasteiger partial charge in [-0.05, 0) is 61.7 Å². The van der Waals surface area contributed by atoms with Gasteiger partial charge in [-0.15, -0.1) is 0 Å². The fourth-order valence-corrected chi connectivity index (χ4v) is 5.62. The SMILES string of the molecule is COc1ccc(S(=O)(=O)N[C@@H](CNC(=O)c2cccc(N3CCC(NC4=NCCCN4)CC3)c2)C(=O)O)cc1. The van der Waals surface area contributed by atoms with Gasteiger partial charge in [0.25, 0.3) is 5.91 Å². The Labute approximate surface area is 227 Å². The van der Waals surface area contributed by atoms with Crippen LogP contribution in [0.3, 0.4) is 0 Å². The van der Waals surface area contributed by atoms with E-state index in [0.717, 1.165) is 57.1 Å². The number of carbonyl (C=O) groups excluding carboxylic acids is 1. The minimum atomic E-state index is -4.14. The number of amides is 1. The molecule has 1 amide bonds. The van der Waals surface area contributed by atoms with Crippen molar-refractivity contribution in [3.63, 3.8) is 0 Å². The predicted octanol–water partition coefficient (Wildman–Crippen LogP) is 0.764. The Morgan fingerprint density at radius 3 is 2.56 bits per heavy atom. The largest absolute Gasteiger partial charge is 0.497 e. The summed E-state index contributed by atoms with van der Waals surface area (Å²) in [5.74, 6) is -0.577. The van der Waals surface area contributed by atoms with E-state index in [2.05, 4.69) is 30.6 Å². The van der Waals surface area contributed by atoms with Crippen LogP contribution in [0, 0.1) is 0 Å². The van der Waals surface area contributed by atoms with E-state index >= 15 is 0 Å². The Balaban J connectivity index is 1.32. The lowest BCUT2D eigenvalue weighted by atomic mass is 10.0. The zero-order valence-corrected chi connectivity index (χ0v) is 22.5. The molecule has 0 aromatic heterocycles. The van der Waals surface area contributed by atoms with Gasteiger partial charge in [0.15, 0.2) is 5.96 Å². The van der Waals surface area contributed by atoms with Crippen molar-refractivity contribution in [1.29, 1.82) is 0 Å². The van der Waals surface area contributed by atoms with Gasteiger partial charge in [-0.25, -0.2) is 8.42 Å². The lowest BCUT2D eigenvalue weighted by Gasteiger charge is -2.35. The smallest absolute Gasteiger partial charge is 0.323 e. The van der Waals surface area contributed by atoms with Crippen molar-refractivity contribution < 1.29 is 27.9 Å². The molecule has 39 heavy (non-hydrogen) atoms. The third-order valence-electron chi connectivity index (χ3n) is 6.64. The Morgan fingerprint density at radius 2 is 1.92 bits per heavy atom. The number of methoxy groups -OCH3 is 1. The molecule has 0 saturated carbocycles. The molecule has 210 valence electrons. The molecule has 2 aliphatic rings. The number of carbonyl (C=O) groups is 2. The van der Waals surface area contributed by atoms with Crippen LogP contribution in [0.1, 0.15) is 29.6 Å². The van der Waals surface area contributed by atoms with E-state index in [0.29, 0.717) is 17.4 Å². The fourth-order valence-electron chi connectivity index (χ4n) is 4.43. The molecule has 0 radical (unpaired) electrons. The lowest BCUT2D eigenvalue weighted by Crippen LogP contribution is -2.50. The molecule has 1 atom stereocenters. The average Bonchev–Trinajstić information content (AvgIpc) is 2.96. The minimum Gasteiger partial charge on any atom is -0.497 e. The number of hydrogen-bond acceptors (Lipinski definition) is 9. The molecule has 1 fully saturated rings. The molecule has 0 spiro atoms. The molecule has 2 aliphatic heterocycles. The van der Waals surface area contributed by atoms with Gasteiger partial charge in [-0.3, -0.25) is 14.6 Å². The lowest BCUT2D eigenvalue weighted by molar-refractivity contribution is -0.138. The van der Waals surface area contributed by atoms with Crippen molar-refractivity contribution in [2.75, 3.05) is 44.7 Å². The van der Waals surface area contributed by atoms with Gasteiger partial charge in [-0.1, -0.05) is 6.07 Å². The molecular weight excluding hydrogens is 524 g/mol. The summed E-state index contributed by atoms with van der Waals surface area (Å²) < 4.78 is 32.5. The molecule has 5 N–H and O–H groups in total. The summed E-state index contributed by atoms with van der Waals surface area (Å²) in [5, 5.41) is 18.9. The third kappa shape index (κ3) is 7.60. The number of anilines is 1. The number of ether oxygens (including phenoxy) is 1. The quantitative estimate of drug-likeness (QED) is 0.284. The fraction of sp³-hybridized carbons (Fsp3) is 0.423. The first-order valence-electron chi connectivity index (χ1n) is 12.8. The monoisotopic (exact) mass is 558 g/mol. The Hall–Kier alpha value is -3.84. The second-order valence-corrected chi connectivity index (χ2v) is 11.1. The Bertz CT molecular complexity index is 1290. The van der Waals surface area contributed by atoms with E-state index in [1.807, 2.05) is 6.07 Å². The molecule has 4 rings (SSSR count). The standard InChI is InChI=1S/C26H34N6O6S/c1-38-21-6-8-22(9-7-21)39(36,37)31-23(25(34)35)17-29-24(33)18-4-2-5-20(16-18)32-14-10-19(11-15-32)30-26-27-12-3-13-28-26/h2,4-9,16,19,23,31H,3,10-15,17H2,1H3,(H,29,33)(H,34,35)(H2,27,28,30)/t23-/m0/s1. The van der Waals surface area contributed by atoms with Crippen molar-refractivity contribution in [2.45, 2.75) is 36.2 Å². The normalized spacial score (nSPS) is 16.9. The zero-order valence-electron chi connectivity index (χ0n) is 21.7. The first-order chi connectivity index (χ1) is 18.7. The van der Waals surface area contributed by atoms with E-state index in [9.17, 15) is 23.1 Å². The van der Waals surface area contributed by atoms with Crippen molar-refractivity contribution >= 4 is 33.5 Å². The van der Waals surface area contributed by atoms with Gasteiger partial charge < -0.3 is 30.7 Å². The number of aliphatic imine (C=N–C) groups is 1. The van der Waals surface area contributed by atoms with Crippen LogP contribution in [0.2, 0.25) is 0 Å². The van der Waals surface area contributed by atoms with Gasteiger partial charge in [-0.2, -0.15) is 4.72 Å². The van der Waals surface area contributed by atoms with Crippen LogP contribution in [-0.4, -0.2) is 83.3 Å². The molecule has 2 aromatic carbocycles. The number of sulfonamides is 1. The molecular formula is C26H34N6O6S. The average molecular weight is 559 g/mol. The van der Waals surface area contributed by atoms with Crippen molar-refractivity contribution in [2.24, 2.45) is 4.99 Å². The Kier molecular flexibility index (Phi) is 9.25. The van der Waals surface area contributed by atoms with Gasteiger partial charge in [0.1, 0.15) is 11.8 Å². The number of carboxylic acid groups (broad SMARTS) is 1.